The highest BCUT2D eigenvalue weighted by atomic mass is 32.2. The number of hydrogen-bond acceptors (Lipinski definition) is 4. The van der Waals surface area contributed by atoms with Crippen molar-refractivity contribution in [2.45, 2.75) is 32.4 Å². The van der Waals surface area contributed by atoms with Gasteiger partial charge in [0.2, 0.25) is 0 Å². The summed E-state index contributed by atoms with van der Waals surface area (Å²) in [6, 6.07) is 24.2. The summed E-state index contributed by atoms with van der Waals surface area (Å²) in [6.45, 7) is 2.73. The Morgan fingerprint density at radius 1 is 0.968 bits per heavy atom. The van der Waals surface area contributed by atoms with Gasteiger partial charge in [-0.3, -0.25) is 4.18 Å². The summed E-state index contributed by atoms with van der Waals surface area (Å²) in [4.78, 5) is 4.44. The van der Waals surface area contributed by atoms with Crippen molar-refractivity contribution in [3.05, 3.63) is 90.3 Å². The normalized spacial score (nSPS) is 12.8. The molecule has 0 aliphatic carbocycles. The minimum Gasteiger partial charge on any atom is -0.326 e. The molecule has 160 valence electrons. The van der Waals surface area contributed by atoms with Crippen LogP contribution in [0.3, 0.4) is 0 Å². The first-order chi connectivity index (χ1) is 14.9. The lowest BCUT2D eigenvalue weighted by molar-refractivity contribution is 0.202. The fourth-order valence-corrected chi connectivity index (χ4v) is 4.25. The van der Waals surface area contributed by atoms with Gasteiger partial charge in [0.15, 0.2) is 0 Å². The molecule has 6 nitrogen and oxygen atoms in total. The van der Waals surface area contributed by atoms with Crippen molar-refractivity contribution in [1.29, 1.82) is 0 Å². The quantitative estimate of drug-likeness (QED) is 0.430. The van der Waals surface area contributed by atoms with Crippen LogP contribution in [-0.2, 0) is 21.0 Å². The van der Waals surface area contributed by atoms with Gasteiger partial charge in [-0.2, -0.15) is 8.42 Å². The van der Waals surface area contributed by atoms with Crippen molar-refractivity contribution in [2.75, 3.05) is 0 Å². The van der Waals surface area contributed by atoms with Crippen molar-refractivity contribution < 1.29 is 12.6 Å². The van der Waals surface area contributed by atoms with Gasteiger partial charge in [-0.15, -0.1) is 0 Å². The van der Waals surface area contributed by atoms with E-state index in [1.54, 1.807) is 0 Å². The van der Waals surface area contributed by atoms with Crippen LogP contribution in [0, 0.1) is 0 Å². The minimum atomic E-state index is -4.00. The maximum atomic E-state index is 11.3. The third-order valence-corrected chi connectivity index (χ3v) is 5.75. The van der Waals surface area contributed by atoms with Crippen molar-refractivity contribution >= 4 is 21.3 Å². The molecule has 0 fully saturated rings. The van der Waals surface area contributed by atoms with Gasteiger partial charge in [-0.25, -0.2) is 10.1 Å². The van der Waals surface area contributed by atoms with Crippen LogP contribution >= 0.6 is 0 Å². The zero-order valence-electron chi connectivity index (χ0n) is 17.3. The second kappa shape index (κ2) is 9.01. The average Bonchev–Trinajstić information content (AvgIpc) is 3.16. The predicted octanol–water partition coefficient (Wildman–Crippen LogP) is 4.81. The van der Waals surface area contributed by atoms with E-state index in [4.69, 9.17) is 9.32 Å². The van der Waals surface area contributed by atoms with E-state index in [9.17, 15) is 8.42 Å². The van der Waals surface area contributed by atoms with Gasteiger partial charge < -0.3 is 4.57 Å². The lowest BCUT2D eigenvalue weighted by Gasteiger charge is -2.16. The van der Waals surface area contributed by atoms with E-state index in [1.807, 2.05) is 55.7 Å². The van der Waals surface area contributed by atoms with E-state index < -0.39 is 16.4 Å². The van der Waals surface area contributed by atoms with Gasteiger partial charge in [0, 0.05) is 6.54 Å². The van der Waals surface area contributed by atoms with Crippen LogP contribution in [0.1, 0.15) is 37.0 Å². The monoisotopic (exact) mass is 435 g/mol. The highest BCUT2D eigenvalue weighted by molar-refractivity contribution is 7.84. The summed E-state index contributed by atoms with van der Waals surface area (Å²) in [5, 5.41) is 5.06. The van der Waals surface area contributed by atoms with Gasteiger partial charge in [0.1, 0.15) is 6.10 Å². The van der Waals surface area contributed by atoms with E-state index >= 15 is 0 Å². The molecule has 0 aliphatic heterocycles. The number of fused-ring (bicyclic) bond motifs is 1. The number of imidazole rings is 1. The highest BCUT2D eigenvalue weighted by Crippen LogP contribution is 2.27. The Labute approximate surface area is 182 Å². The maximum absolute atomic E-state index is 11.3. The van der Waals surface area contributed by atoms with Crippen LogP contribution in [0.15, 0.2) is 79.1 Å². The van der Waals surface area contributed by atoms with Gasteiger partial charge >= 0.3 is 10.3 Å². The molecule has 0 saturated heterocycles. The summed E-state index contributed by atoms with van der Waals surface area (Å²) in [6.07, 6.45) is 2.66. The molecule has 4 rings (SSSR count). The fraction of sp³-hybridized carbons (Fsp3) is 0.208. The number of rotatable bonds is 8. The first-order valence-corrected chi connectivity index (χ1v) is 11.7. The number of nitrogens with zero attached hydrogens (tertiary/aromatic N) is 2. The van der Waals surface area contributed by atoms with Crippen LogP contribution in [-0.4, -0.2) is 18.0 Å². The molecule has 1 aromatic heterocycles. The standard InChI is InChI=1S/C24H25N3O3S/c1-2-5-24(30-31(25,28)29)21-14-12-20(13-15-21)19-10-8-18(9-11-19)16-27-17-26-22-6-3-4-7-23(22)27/h3-4,6-15,17,24H,2,5,16H2,1H3,(H2,25,28,29). The Balaban J connectivity index is 1.50. The number of benzene rings is 3. The third kappa shape index (κ3) is 5.19. The molecule has 4 aromatic rings. The largest absolute Gasteiger partial charge is 0.333 e. The summed E-state index contributed by atoms with van der Waals surface area (Å²) < 4.78 is 29.9. The summed E-state index contributed by atoms with van der Waals surface area (Å²) in [5.41, 5.74) is 6.23. The van der Waals surface area contributed by atoms with Crippen molar-refractivity contribution in [2.24, 2.45) is 5.14 Å². The lowest BCUT2D eigenvalue weighted by atomic mass is 9.99. The molecule has 0 bridgehead atoms. The average molecular weight is 436 g/mol. The maximum Gasteiger partial charge on any atom is 0.333 e. The Kier molecular flexibility index (Phi) is 6.18. The molecule has 7 heteroatoms. The SMILES string of the molecule is CCCC(OS(N)(=O)=O)c1ccc(-c2ccc(Cn3cnc4ccccc43)cc2)cc1. The van der Waals surface area contributed by atoms with E-state index in [0.717, 1.165) is 40.7 Å². The Morgan fingerprint density at radius 3 is 2.26 bits per heavy atom. The number of nitrogens with two attached hydrogens (primary N) is 1. The van der Waals surface area contributed by atoms with Gasteiger partial charge in [-0.1, -0.05) is 74.0 Å². The van der Waals surface area contributed by atoms with E-state index in [0.29, 0.717) is 6.42 Å². The molecule has 1 heterocycles. The van der Waals surface area contributed by atoms with E-state index in [2.05, 4.69) is 39.9 Å². The molecule has 1 unspecified atom stereocenters. The minimum absolute atomic E-state index is 0.568. The van der Waals surface area contributed by atoms with Gasteiger partial charge in [-0.05, 0) is 40.8 Å². The Morgan fingerprint density at radius 2 is 1.61 bits per heavy atom. The van der Waals surface area contributed by atoms with Crippen molar-refractivity contribution in [3.63, 3.8) is 0 Å². The predicted molar refractivity (Wildman–Crippen MR) is 123 cm³/mol. The Bertz CT molecular complexity index is 1260. The molecule has 2 N–H and O–H groups in total. The van der Waals surface area contributed by atoms with Crippen LogP contribution in [0.5, 0.6) is 0 Å². The zero-order chi connectivity index (χ0) is 21.8. The molecule has 1 atom stereocenters. The van der Waals surface area contributed by atoms with E-state index in [-0.39, 0.29) is 0 Å². The van der Waals surface area contributed by atoms with Crippen LogP contribution in [0.25, 0.3) is 22.2 Å². The molecule has 0 spiro atoms. The first-order valence-electron chi connectivity index (χ1n) is 10.2. The molecular weight excluding hydrogens is 410 g/mol. The van der Waals surface area contributed by atoms with Crippen LogP contribution in [0.4, 0.5) is 0 Å². The topological polar surface area (TPSA) is 87.2 Å². The lowest BCUT2D eigenvalue weighted by Crippen LogP contribution is -2.19. The van der Waals surface area contributed by atoms with Crippen molar-refractivity contribution in [3.8, 4) is 11.1 Å². The van der Waals surface area contributed by atoms with Crippen molar-refractivity contribution in [1.82, 2.24) is 9.55 Å². The molecule has 0 aliphatic rings. The zero-order valence-corrected chi connectivity index (χ0v) is 18.1. The molecule has 0 amide bonds. The molecule has 0 saturated carbocycles. The molecule has 31 heavy (non-hydrogen) atoms. The number of para-hydroxylation sites is 2. The first kappa shape index (κ1) is 21.2. The number of hydrogen-bond donors (Lipinski definition) is 1. The fourth-order valence-electron chi connectivity index (χ4n) is 3.72. The van der Waals surface area contributed by atoms with Crippen LogP contribution < -0.4 is 5.14 Å². The molecule has 0 radical (unpaired) electrons. The summed E-state index contributed by atoms with van der Waals surface area (Å²) in [5.74, 6) is 0. The van der Waals surface area contributed by atoms with Gasteiger partial charge in [0.05, 0.1) is 17.4 Å². The second-order valence-corrected chi connectivity index (χ2v) is 8.72. The number of aromatic nitrogens is 2. The Hall–Kier alpha value is -3.00. The summed E-state index contributed by atoms with van der Waals surface area (Å²) >= 11 is 0. The molecule has 3 aromatic carbocycles. The highest BCUT2D eigenvalue weighted by Gasteiger charge is 2.17. The third-order valence-electron chi connectivity index (χ3n) is 5.25. The smallest absolute Gasteiger partial charge is 0.326 e. The van der Waals surface area contributed by atoms with Crippen LogP contribution in [0.2, 0.25) is 0 Å². The second-order valence-electron chi connectivity index (χ2n) is 7.55. The summed E-state index contributed by atoms with van der Waals surface area (Å²) in [7, 11) is -4.00. The van der Waals surface area contributed by atoms with Gasteiger partial charge in [0.25, 0.3) is 0 Å². The van der Waals surface area contributed by atoms with E-state index in [1.165, 1.54) is 5.56 Å². The molecular formula is C24H25N3O3S.